The molecule has 2 fully saturated rings. The van der Waals surface area contributed by atoms with Crippen molar-refractivity contribution in [2.75, 3.05) is 13.7 Å². The normalized spacial score (nSPS) is 27.7. The SMILES string of the molecule is CO[C@@]12CCC(Oc3ccccn3)CC1N(Cc1ccccc1C#N)CC2. The first kappa shape index (κ1) is 18.0. The van der Waals surface area contributed by atoms with Crippen LogP contribution in [0.1, 0.15) is 36.8 Å². The van der Waals surface area contributed by atoms with E-state index in [1.165, 1.54) is 0 Å². The highest BCUT2D eigenvalue weighted by molar-refractivity contribution is 5.37. The van der Waals surface area contributed by atoms with Gasteiger partial charge in [-0.15, -0.1) is 0 Å². The minimum atomic E-state index is -0.106. The summed E-state index contributed by atoms with van der Waals surface area (Å²) in [7, 11) is 1.83. The number of methoxy groups -OCH3 is 1. The Balaban J connectivity index is 1.52. The molecule has 27 heavy (non-hydrogen) atoms. The van der Waals surface area contributed by atoms with Crippen LogP contribution in [0.25, 0.3) is 0 Å². The van der Waals surface area contributed by atoms with Crippen molar-refractivity contribution in [2.24, 2.45) is 0 Å². The molecule has 1 saturated carbocycles. The van der Waals surface area contributed by atoms with Gasteiger partial charge in [0.05, 0.1) is 17.2 Å². The highest BCUT2D eigenvalue weighted by Crippen LogP contribution is 2.43. The Kier molecular flexibility index (Phi) is 5.11. The van der Waals surface area contributed by atoms with Crippen LogP contribution in [0.3, 0.4) is 0 Å². The van der Waals surface area contributed by atoms with Gasteiger partial charge in [-0.3, -0.25) is 4.90 Å². The molecule has 0 spiro atoms. The number of benzene rings is 1. The summed E-state index contributed by atoms with van der Waals surface area (Å²) < 4.78 is 12.2. The van der Waals surface area contributed by atoms with E-state index in [9.17, 15) is 5.26 Å². The van der Waals surface area contributed by atoms with Gasteiger partial charge >= 0.3 is 0 Å². The van der Waals surface area contributed by atoms with Gasteiger partial charge in [0.2, 0.25) is 5.88 Å². The van der Waals surface area contributed by atoms with Crippen molar-refractivity contribution in [3.05, 3.63) is 59.8 Å². The molecule has 4 rings (SSSR count). The Morgan fingerprint density at radius 3 is 2.85 bits per heavy atom. The van der Waals surface area contributed by atoms with Gasteiger partial charge in [0.15, 0.2) is 0 Å². The van der Waals surface area contributed by atoms with E-state index in [2.05, 4.69) is 22.0 Å². The molecular formula is C22H25N3O2. The van der Waals surface area contributed by atoms with Crippen LogP contribution < -0.4 is 4.74 Å². The van der Waals surface area contributed by atoms with Crippen molar-refractivity contribution in [1.29, 1.82) is 5.26 Å². The number of fused-ring (bicyclic) bond motifs is 1. The van der Waals surface area contributed by atoms with E-state index in [0.29, 0.717) is 5.88 Å². The lowest BCUT2D eigenvalue weighted by molar-refractivity contribution is -0.0843. The summed E-state index contributed by atoms with van der Waals surface area (Å²) in [6, 6.07) is 16.2. The van der Waals surface area contributed by atoms with Crippen LogP contribution in [0.5, 0.6) is 5.88 Å². The summed E-state index contributed by atoms with van der Waals surface area (Å²) >= 11 is 0. The second-order valence-electron chi connectivity index (χ2n) is 7.46. The standard InChI is InChI=1S/C22H25N3O2/c1-26-22-10-9-19(27-21-8-4-5-12-24-21)14-20(22)25(13-11-22)16-18-7-3-2-6-17(18)15-23/h2-8,12,19-20H,9-11,13-14,16H2,1H3/t19?,20?,22-/m1/s1. The van der Waals surface area contributed by atoms with Gasteiger partial charge in [-0.2, -0.15) is 5.26 Å². The minimum Gasteiger partial charge on any atom is -0.474 e. The fraction of sp³-hybridized carbons (Fsp3) is 0.455. The average Bonchev–Trinajstić information content (AvgIpc) is 3.08. The van der Waals surface area contributed by atoms with Crippen LogP contribution in [0.15, 0.2) is 48.7 Å². The third-order valence-electron chi connectivity index (χ3n) is 6.09. The molecular weight excluding hydrogens is 338 g/mol. The molecule has 1 saturated heterocycles. The minimum absolute atomic E-state index is 0.106. The Morgan fingerprint density at radius 1 is 1.22 bits per heavy atom. The highest BCUT2D eigenvalue weighted by Gasteiger charge is 2.51. The number of pyridine rings is 1. The monoisotopic (exact) mass is 363 g/mol. The number of hydrogen-bond acceptors (Lipinski definition) is 5. The first-order valence-electron chi connectivity index (χ1n) is 9.59. The molecule has 140 valence electrons. The number of likely N-dealkylation sites (tertiary alicyclic amines) is 1. The average molecular weight is 363 g/mol. The van der Waals surface area contributed by atoms with Crippen LogP contribution >= 0.6 is 0 Å². The molecule has 0 bridgehead atoms. The molecule has 1 aromatic heterocycles. The largest absolute Gasteiger partial charge is 0.474 e. The molecule has 3 atom stereocenters. The second kappa shape index (κ2) is 7.67. The first-order valence-corrected chi connectivity index (χ1v) is 9.59. The Morgan fingerprint density at radius 2 is 2.07 bits per heavy atom. The molecule has 5 nitrogen and oxygen atoms in total. The van der Waals surface area contributed by atoms with E-state index in [1.807, 2.05) is 43.5 Å². The van der Waals surface area contributed by atoms with E-state index >= 15 is 0 Å². The summed E-state index contributed by atoms with van der Waals surface area (Å²) in [5.41, 5.74) is 1.73. The van der Waals surface area contributed by atoms with Gasteiger partial charge in [0.1, 0.15) is 6.10 Å². The summed E-state index contributed by atoms with van der Waals surface area (Å²) in [5, 5.41) is 9.41. The van der Waals surface area contributed by atoms with Gasteiger partial charge in [0.25, 0.3) is 0 Å². The number of hydrogen-bond donors (Lipinski definition) is 0. The van der Waals surface area contributed by atoms with Crippen molar-refractivity contribution in [1.82, 2.24) is 9.88 Å². The predicted molar refractivity (Wildman–Crippen MR) is 102 cm³/mol. The maximum absolute atomic E-state index is 9.41. The van der Waals surface area contributed by atoms with Crippen molar-refractivity contribution in [2.45, 2.75) is 50.0 Å². The predicted octanol–water partition coefficient (Wildman–Crippen LogP) is 3.54. The Bertz CT molecular complexity index is 820. The van der Waals surface area contributed by atoms with E-state index < -0.39 is 0 Å². The van der Waals surface area contributed by atoms with Crippen LogP contribution in [0, 0.1) is 11.3 Å². The number of ether oxygens (including phenoxy) is 2. The molecule has 2 aliphatic rings. The molecule has 5 heteroatoms. The summed E-state index contributed by atoms with van der Waals surface area (Å²) in [6.07, 6.45) is 5.81. The number of nitrogens with zero attached hydrogens (tertiary/aromatic N) is 3. The van der Waals surface area contributed by atoms with Gasteiger partial charge in [-0.25, -0.2) is 4.98 Å². The molecule has 2 heterocycles. The van der Waals surface area contributed by atoms with E-state index in [0.717, 1.165) is 49.9 Å². The molecule has 2 unspecified atom stereocenters. The maximum Gasteiger partial charge on any atom is 0.213 e. The number of nitriles is 1. The van der Waals surface area contributed by atoms with Gasteiger partial charge in [-0.1, -0.05) is 24.3 Å². The summed E-state index contributed by atoms with van der Waals surface area (Å²) in [4.78, 5) is 6.77. The fourth-order valence-corrected chi connectivity index (χ4v) is 4.63. The first-order chi connectivity index (χ1) is 13.2. The van der Waals surface area contributed by atoms with E-state index in [-0.39, 0.29) is 17.7 Å². The smallest absolute Gasteiger partial charge is 0.213 e. The lowest BCUT2D eigenvalue weighted by Gasteiger charge is -2.43. The molecule has 0 amide bonds. The van der Waals surface area contributed by atoms with Crippen LogP contribution in [-0.2, 0) is 11.3 Å². The second-order valence-corrected chi connectivity index (χ2v) is 7.46. The maximum atomic E-state index is 9.41. The summed E-state index contributed by atoms with van der Waals surface area (Å²) in [6.45, 7) is 1.75. The molecule has 1 aliphatic carbocycles. The zero-order valence-corrected chi connectivity index (χ0v) is 15.7. The Hall–Kier alpha value is -2.42. The fourth-order valence-electron chi connectivity index (χ4n) is 4.63. The molecule has 1 aliphatic heterocycles. The lowest BCUT2D eigenvalue weighted by Crippen LogP contribution is -2.52. The third kappa shape index (κ3) is 3.55. The van der Waals surface area contributed by atoms with Crippen LogP contribution in [0.2, 0.25) is 0 Å². The quantitative estimate of drug-likeness (QED) is 0.813. The Labute approximate surface area is 160 Å². The topological polar surface area (TPSA) is 58.4 Å². The van der Waals surface area contributed by atoms with Gasteiger partial charge in [-0.05, 0) is 37.0 Å². The van der Waals surface area contributed by atoms with Gasteiger partial charge < -0.3 is 9.47 Å². The zero-order chi connectivity index (χ0) is 18.7. The number of rotatable bonds is 5. The van der Waals surface area contributed by atoms with E-state index in [4.69, 9.17) is 9.47 Å². The van der Waals surface area contributed by atoms with E-state index in [1.54, 1.807) is 6.20 Å². The van der Waals surface area contributed by atoms with Crippen LogP contribution in [0.4, 0.5) is 0 Å². The van der Waals surface area contributed by atoms with Crippen LogP contribution in [-0.4, -0.2) is 41.3 Å². The van der Waals surface area contributed by atoms with Gasteiger partial charge in [0, 0.05) is 44.9 Å². The zero-order valence-electron chi connectivity index (χ0n) is 15.7. The molecule has 0 N–H and O–H groups in total. The van der Waals surface area contributed by atoms with Crippen molar-refractivity contribution < 1.29 is 9.47 Å². The van der Waals surface area contributed by atoms with Crippen molar-refractivity contribution in [3.8, 4) is 11.9 Å². The lowest BCUT2D eigenvalue weighted by atomic mass is 9.79. The summed E-state index contributed by atoms with van der Waals surface area (Å²) in [5.74, 6) is 0.687. The molecule has 1 aromatic carbocycles. The van der Waals surface area contributed by atoms with Crippen molar-refractivity contribution in [3.63, 3.8) is 0 Å². The van der Waals surface area contributed by atoms with Crippen molar-refractivity contribution >= 4 is 0 Å². The molecule has 0 radical (unpaired) electrons. The number of aromatic nitrogens is 1. The highest BCUT2D eigenvalue weighted by atomic mass is 16.5. The third-order valence-corrected chi connectivity index (χ3v) is 6.09. The molecule has 2 aromatic rings.